The maximum atomic E-state index is 9.38. The Balaban J connectivity index is 1.87. The molecule has 0 saturated heterocycles. The first-order chi connectivity index (χ1) is 11.7. The van der Waals surface area contributed by atoms with Crippen LogP contribution in [-0.4, -0.2) is 31.7 Å². The Labute approximate surface area is 145 Å². The molecule has 0 bridgehead atoms. The number of benzene rings is 1. The van der Waals surface area contributed by atoms with Gasteiger partial charge in [-0.15, -0.1) is 0 Å². The van der Waals surface area contributed by atoms with Gasteiger partial charge in [0.15, 0.2) is 10.8 Å². The van der Waals surface area contributed by atoms with Crippen LogP contribution in [0.15, 0.2) is 42.6 Å². The third-order valence-electron chi connectivity index (χ3n) is 3.35. The van der Waals surface area contributed by atoms with Crippen molar-refractivity contribution in [3.05, 3.63) is 42.6 Å². The molecule has 0 aliphatic carbocycles. The fourth-order valence-corrected chi connectivity index (χ4v) is 2.34. The van der Waals surface area contributed by atoms with E-state index in [4.69, 9.17) is 12.2 Å². The fraction of sp³-hybridized carbons (Fsp3) is 0.176. The number of nitrogens with zero attached hydrogens (tertiary/aromatic N) is 3. The van der Waals surface area contributed by atoms with Crippen LogP contribution in [0.1, 0.15) is 13.3 Å². The van der Waals surface area contributed by atoms with E-state index in [1.807, 2.05) is 12.1 Å². The van der Waals surface area contributed by atoms with Gasteiger partial charge in [-0.05, 0) is 55.0 Å². The summed E-state index contributed by atoms with van der Waals surface area (Å²) in [6, 6.07) is 10.5. The Morgan fingerprint density at radius 1 is 1.12 bits per heavy atom. The molecule has 1 aromatic carbocycles. The van der Waals surface area contributed by atoms with Crippen LogP contribution < -0.4 is 10.6 Å². The van der Waals surface area contributed by atoms with Crippen LogP contribution >= 0.6 is 12.2 Å². The summed E-state index contributed by atoms with van der Waals surface area (Å²) in [4.78, 5) is 13.4. The van der Waals surface area contributed by atoms with E-state index in [9.17, 15) is 5.11 Å². The summed E-state index contributed by atoms with van der Waals surface area (Å²) in [7, 11) is 0. The Kier molecular flexibility index (Phi) is 4.81. The van der Waals surface area contributed by atoms with Gasteiger partial charge < -0.3 is 15.7 Å². The maximum Gasteiger partial charge on any atom is 0.180 e. The third-order valence-corrected chi connectivity index (χ3v) is 3.59. The molecule has 7 heteroatoms. The third kappa shape index (κ3) is 3.75. The quantitative estimate of drug-likeness (QED) is 0.630. The number of aromatic nitrogens is 3. The lowest BCUT2D eigenvalue weighted by Gasteiger charge is -2.09. The van der Waals surface area contributed by atoms with E-state index in [1.54, 1.807) is 30.5 Å². The molecule has 0 atom stereocenters. The smallest absolute Gasteiger partial charge is 0.180 e. The highest BCUT2D eigenvalue weighted by Crippen LogP contribution is 2.21. The molecule has 0 radical (unpaired) electrons. The Morgan fingerprint density at radius 2 is 1.92 bits per heavy atom. The zero-order valence-electron chi connectivity index (χ0n) is 13.2. The molecule has 2 heterocycles. The van der Waals surface area contributed by atoms with E-state index in [-0.39, 0.29) is 5.75 Å². The number of fused-ring (bicyclic) bond motifs is 1. The fourth-order valence-electron chi connectivity index (χ4n) is 2.14. The average molecular weight is 339 g/mol. The van der Waals surface area contributed by atoms with Crippen molar-refractivity contribution in [1.82, 2.24) is 20.3 Å². The molecule has 2 aromatic heterocycles. The minimum Gasteiger partial charge on any atom is -0.508 e. The van der Waals surface area contributed by atoms with Gasteiger partial charge in [0.1, 0.15) is 17.1 Å². The molecule has 0 saturated carbocycles. The van der Waals surface area contributed by atoms with Crippen LogP contribution in [0.5, 0.6) is 5.75 Å². The molecule has 24 heavy (non-hydrogen) atoms. The predicted octanol–water partition coefficient (Wildman–Crippen LogP) is 3.09. The molecule has 0 unspecified atom stereocenters. The van der Waals surface area contributed by atoms with E-state index < -0.39 is 0 Å². The van der Waals surface area contributed by atoms with E-state index in [0.29, 0.717) is 27.8 Å². The first-order valence-corrected chi connectivity index (χ1v) is 8.04. The molecule has 0 aliphatic heterocycles. The number of aromatic hydroxyl groups is 1. The zero-order valence-corrected chi connectivity index (χ0v) is 14.0. The second kappa shape index (κ2) is 7.18. The summed E-state index contributed by atoms with van der Waals surface area (Å²) in [5.74, 6) is 0.832. The van der Waals surface area contributed by atoms with Crippen LogP contribution in [0.4, 0.5) is 5.82 Å². The van der Waals surface area contributed by atoms with Crippen molar-refractivity contribution in [2.45, 2.75) is 13.3 Å². The average Bonchev–Trinajstić information content (AvgIpc) is 2.60. The van der Waals surface area contributed by atoms with Crippen LogP contribution in [0.3, 0.4) is 0 Å². The molecule has 3 N–H and O–H groups in total. The monoisotopic (exact) mass is 339 g/mol. The van der Waals surface area contributed by atoms with Crippen molar-refractivity contribution in [2.75, 3.05) is 11.9 Å². The largest absolute Gasteiger partial charge is 0.508 e. The van der Waals surface area contributed by atoms with Gasteiger partial charge in [0.05, 0.1) is 11.9 Å². The number of pyridine rings is 1. The SMILES string of the molecule is CCCNC(=S)Nc1ccc2ncc(-c3ccc(O)cc3)nc2n1. The van der Waals surface area contributed by atoms with E-state index >= 15 is 0 Å². The number of phenols is 1. The van der Waals surface area contributed by atoms with Crippen molar-refractivity contribution in [3.63, 3.8) is 0 Å². The molecule has 3 aromatic rings. The number of thiocarbonyl (C=S) groups is 1. The predicted molar refractivity (Wildman–Crippen MR) is 98.9 cm³/mol. The second-order valence-corrected chi connectivity index (χ2v) is 5.63. The Bertz CT molecular complexity index is 866. The van der Waals surface area contributed by atoms with Gasteiger partial charge in [0.25, 0.3) is 0 Å². The van der Waals surface area contributed by atoms with Crippen molar-refractivity contribution < 1.29 is 5.11 Å². The summed E-state index contributed by atoms with van der Waals surface area (Å²) in [6.07, 6.45) is 2.69. The molecule has 3 rings (SSSR count). The Hall–Kier alpha value is -2.80. The summed E-state index contributed by atoms with van der Waals surface area (Å²) < 4.78 is 0. The summed E-state index contributed by atoms with van der Waals surface area (Å²) in [5, 5.41) is 16.1. The van der Waals surface area contributed by atoms with Gasteiger partial charge in [-0.3, -0.25) is 4.98 Å². The lowest BCUT2D eigenvalue weighted by atomic mass is 10.1. The number of hydrogen-bond acceptors (Lipinski definition) is 5. The van der Waals surface area contributed by atoms with Gasteiger partial charge in [-0.1, -0.05) is 6.92 Å². The number of nitrogens with one attached hydrogen (secondary N) is 2. The topological polar surface area (TPSA) is 83.0 Å². The maximum absolute atomic E-state index is 9.38. The summed E-state index contributed by atoms with van der Waals surface area (Å²) in [5.41, 5.74) is 2.79. The standard InChI is InChI=1S/C17H17N5OS/c1-2-9-18-17(24)22-15-8-7-13-16(21-15)20-14(10-19-13)11-3-5-12(23)6-4-11/h3-8,10,23H,2,9H2,1H3,(H2,18,20,21,22,24). The number of anilines is 1. The summed E-state index contributed by atoms with van der Waals surface area (Å²) in [6.45, 7) is 2.88. The minimum absolute atomic E-state index is 0.213. The first kappa shape index (κ1) is 16.1. The van der Waals surface area contributed by atoms with Crippen LogP contribution in [-0.2, 0) is 0 Å². The number of phenolic OH excluding ortho intramolecular Hbond substituents is 1. The zero-order chi connectivity index (χ0) is 16.9. The van der Waals surface area contributed by atoms with Crippen molar-refractivity contribution in [2.24, 2.45) is 0 Å². The highest BCUT2D eigenvalue weighted by molar-refractivity contribution is 7.80. The first-order valence-electron chi connectivity index (χ1n) is 7.64. The van der Waals surface area contributed by atoms with Gasteiger partial charge in [-0.2, -0.15) is 0 Å². The highest BCUT2D eigenvalue weighted by atomic mass is 32.1. The van der Waals surface area contributed by atoms with Crippen molar-refractivity contribution in [3.8, 4) is 17.0 Å². The lowest BCUT2D eigenvalue weighted by Crippen LogP contribution is -2.29. The van der Waals surface area contributed by atoms with Crippen molar-refractivity contribution in [1.29, 1.82) is 0 Å². The molecule has 122 valence electrons. The van der Waals surface area contributed by atoms with E-state index in [1.165, 1.54) is 0 Å². The lowest BCUT2D eigenvalue weighted by molar-refractivity contribution is 0.475. The number of rotatable bonds is 4. The normalized spacial score (nSPS) is 10.5. The summed E-state index contributed by atoms with van der Waals surface area (Å²) >= 11 is 5.22. The van der Waals surface area contributed by atoms with Gasteiger partial charge in [0, 0.05) is 12.1 Å². The van der Waals surface area contributed by atoms with Crippen LogP contribution in [0.2, 0.25) is 0 Å². The van der Waals surface area contributed by atoms with Gasteiger partial charge >= 0.3 is 0 Å². The minimum atomic E-state index is 0.213. The van der Waals surface area contributed by atoms with Crippen LogP contribution in [0, 0.1) is 0 Å². The Morgan fingerprint density at radius 3 is 2.67 bits per heavy atom. The molecule has 6 nitrogen and oxygen atoms in total. The van der Waals surface area contributed by atoms with Crippen LogP contribution in [0.25, 0.3) is 22.4 Å². The number of hydrogen-bond donors (Lipinski definition) is 3. The molecule has 0 aliphatic rings. The molecular formula is C17H17N5OS. The van der Waals surface area contributed by atoms with Gasteiger partial charge in [-0.25, -0.2) is 9.97 Å². The molecule has 0 spiro atoms. The van der Waals surface area contributed by atoms with Crippen molar-refractivity contribution >= 4 is 34.3 Å². The molecule has 0 amide bonds. The van der Waals surface area contributed by atoms with E-state index in [0.717, 1.165) is 18.5 Å². The molecular weight excluding hydrogens is 322 g/mol. The van der Waals surface area contributed by atoms with Gasteiger partial charge in [0.2, 0.25) is 0 Å². The van der Waals surface area contributed by atoms with E-state index in [2.05, 4.69) is 32.5 Å². The highest BCUT2D eigenvalue weighted by Gasteiger charge is 2.06. The second-order valence-electron chi connectivity index (χ2n) is 5.22. The molecule has 0 fully saturated rings.